The fourth-order valence-corrected chi connectivity index (χ4v) is 8.86. The highest BCUT2D eigenvalue weighted by Gasteiger charge is 2.66. The molecule has 0 aromatic heterocycles. The maximum Gasteiger partial charge on any atom is 0.296 e. The average molecular weight is 665 g/mol. The number of benzene rings is 2. The molecule has 0 saturated carbocycles. The summed E-state index contributed by atoms with van der Waals surface area (Å²) in [5, 5.41) is 11.9. The van der Waals surface area contributed by atoms with Gasteiger partial charge in [0.05, 0.1) is 29.4 Å². The lowest BCUT2D eigenvalue weighted by Crippen LogP contribution is -2.52. The first-order chi connectivity index (χ1) is 22.7. The number of fused-ring (bicyclic) bond motifs is 2. The third kappa shape index (κ3) is 5.90. The second-order valence-corrected chi connectivity index (χ2v) is 14.6. The second kappa shape index (κ2) is 13.9. The van der Waals surface area contributed by atoms with Gasteiger partial charge in [-0.05, 0) is 56.0 Å². The molecule has 0 aliphatic carbocycles. The van der Waals surface area contributed by atoms with Crippen LogP contribution < -0.4 is 4.90 Å². The average Bonchev–Trinajstić information content (AvgIpc) is 3.29. The van der Waals surface area contributed by atoms with Crippen molar-refractivity contribution in [1.82, 2.24) is 14.1 Å². The van der Waals surface area contributed by atoms with Crippen molar-refractivity contribution >= 4 is 39.1 Å². The maximum atomic E-state index is 14.7. The topological polar surface area (TPSA) is 128 Å². The number of amides is 2. The number of carbonyl (C=O) groups is 3. The zero-order chi connectivity index (χ0) is 33.2. The number of aliphatic hydroxyl groups excluding tert-OH is 1. The molecule has 1 spiro atoms. The van der Waals surface area contributed by atoms with E-state index < -0.39 is 38.9 Å². The highest BCUT2D eigenvalue weighted by molar-refractivity contribution is 7.89. The Morgan fingerprint density at radius 2 is 1.53 bits per heavy atom. The predicted molar refractivity (Wildman–Crippen MR) is 177 cm³/mol. The van der Waals surface area contributed by atoms with E-state index in [0.717, 1.165) is 45.2 Å². The molecule has 4 heterocycles. The molecule has 2 amide bonds. The van der Waals surface area contributed by atoms with E-state index in [0.29, 0.717) is 63.5 Å². The van der Waals surface area contributed by atoms with E-state index in [4.69, 9.17) is 4.74 Å². The van der Waals surface area contributed by atoms with Crippen molar-refractivity contribution < 1.29 is 32.6 Å². The molecular formula is C35H44N4O7S. The van der Waals surface area contributed by atoms with Crippen LogP contribution in [0.15, 0.2) is 59.0 Å². The summed E-state index contributed by atoms with van der Waals surface area (Å²) in [5.74, 6) is -2.72. The van der Waals surface area contributed by atoms with Crippen molar-refractivity contribution in [2.24, 2.45) is 0 Å². The fraction of sp³-hybridized carbons (Fsp3) is 0.514. The molecule has 0 bridgehead atoms. The molecule has 12 heteroatoms. The predicted octanol–water partition coefficient (Wildman–Crippen LogP) is 3.70. The lowest BCUT2D eigenvalue weighted by molar-refractivity contribution is -0.143. The van der Waals surface area contributed by atoms with E-state index in [9.17, 15) is 27.9 Å². The van der Waals surface area contributed by atoms with Crippen LogP contribution >= 0.6 is 0 Å². The number of ketones is 1. The monoisotopic (exact) mass is 664 g/mol. The first kappa shape index (κ1) is 33.3. The molecule has 252 valence electrons. The van der Waals surface area contributed by atoms with Gasteiger partial charge in [0, 0.05) is 56.9 Å². The Hall–Kier alpha value is -3.58. The van der Waals surface area contributed by atoms with Crippen molar-refractivity contribution in [1.29, 1.82) is 0 Å². The normalized spacial score (nSPS) is 23.9. The van der Waals surface area contributed by atoms with Crippen LogP contribution in [0.4, 0.5) is 5.69 Å². The third-order valence-corrected chi connectivity index (χ3v) is 11.7. The van der Waals surface area contributed by atoms with E-state index in [2.05, 4.69) is 4.90 Å². The van der Waals surface area contributed by atoms with Gasteiger partial charge in [-0.1, -0.05) is 44.4 Å². The van der Waals surface area contributed by atoms with Gasteiger partial charge in [0.25, 0.3) is 17.6 Å². The molecule has 3 fully saturated rings. The zero-order valence-corrected chi connectivity index (χ0v) is 27.8. The Morgan fingerprint density at radius 3 is 2.21 bits per heavy atom. The van der Waals surface area contributed by atoms with Crippen LogP contribution in [0, 0.1) is 0 Å². The van der Waals surface area contributed by atoms with Crippen molar-refractivity contribution in [3.63, 3.8) is 0 Å². The molecule has 4 aliphatic rings. The summed E-state index contributed by atoms with van der Waals surface area (Å²) >= 11 is 0. The lowest BCUT2D eigenvalue weighted by Gasteiger charge is -2.35. The van der Waals surface area contributed by atoms with Gasteiger partial charge in [0.2, 0.25) is 10.0 Å². The van der Waals surface area contributed by atoms with E-state index in [1.807, 2.05) is 19.1 Å². The Bertz CT molecular complexity index is 1640. The fourth-order valence-electron chi connectivity index (χ4n) is 7.34. The number of anilines is 1. The summed E-state index contributed by atoms with van der Waals surface area (Å²) < 4.78 is 33.8. The molecule has 1 atom stereocenters. The second-order valence-electron chi connectivity index (χ2n) is 12.7. The van der Waals surface area contributed by atoms with Crippen molar-refractivity contribution in [2.75, 3.05) is 63.9 Å². The summed E-state index contributed by atoms with van der Waals surface area (Å²) in [6.45, 7) is 6.90. The van der Waals surface area contributed by atoms with Crippen LogP contribution in [0.25, 0.3) is 5.76 Å². The Labute approximate surface area is 276 Å². The van der Waals surface area contributed by atoms with Gasteiger partial charge in [-0.3, -0.25) is 19.3 Å². The van der Waals surface area contributed by atoms with Gasteiger partial charge in [-0.15, -0.1) is 0 Å². The summed E-state index contributed by atoms with van der Waals surface area (Å²) in [5.41, 5.74) is -0.884. The highest BCUT2D eigenvalue weighted by atomic mass is 32.2. The number of nitrogens with zero attached hydrogens (tertiary/aromatic N) is 4. The number of unbranched alkanes of at least 4 members (excludes halogenated alkanes) is 1. The van der Waals surface area contributed by atoms with E-state index >= 15 is 0 Å². The van der Waals surface area contributed by atoms with Crippen LogP contribution in [-0.2, 0) is 34.7 Å². The molecule has 4 aliphatic heterocycles. The first-order valence-corrected chi connectivity index (χ1v) is 18.3. The van der Waals surface area contributed by atoms with Crippen LogP contribution in [0.5, 0.6) is 0 Å². The van der Waals surface area contributed by atoms with Crippen molar-refractivity contribution in [3.8, 4) is 0 Å². The third-order valence-electron chi connectivity index (χ3n) is 9.83. The minimum atomic E-state index is -3.75. The molecular weight excluding hydrogens is 620 g/mol. The Balaban J connectivity index is 1.42. The first-order valence-electron chi connectivity index (χ1n) is 16.8. The van der Waals surface area contributed by atoms with Gasteiger partial charge in [-0.25, -0.2) is 8.42 Å². The standard InChI is InChI=1S/C35H44N4O7S/c1-2-3-20-38-29-12-7-6-11-28(29)35(34(38)43)30(32(41)33(42)39(35)21-10-17-36-22-24-46-25-23-36)31(40)26-13-15-27(16-14-26)47(44,45)37-18-8-4-5-9-19-37/h6-7,11-16,40H,2-5,8-10,17-25H2,1H3/b31-30+. The molecule has 47 heavy (non-hydrogen) atoms. The number of para-hydroxylation sites is 1. The van der Waals surface area contributed by atoms with Crippen molar-refractivity contribution in [2.45, 2.75) is 62.3 Å². The number of Topliss-reactive ketones (excluding diaryl/α,β-unsaturated/α-hetero) is 1. The van der Waals surface area contributed by atoms with Gasteiger partial charge in [0.1, 0.15) is 5.76 Å². The van der Waals surface area contributed by atoms with Gasteiger partial charge >= 0.3 is 0 Å². The molecule has 2 aromatic rings. The molecule has 0 radical (unpaired) electrons. The molecule has 1 N–H and O–H groups in total. The van der Waals surface area contributed by atoms with Crippen LogP contribution in [0.2, 0.25) is 0 Å². The number of likely N-dealkylation sites (tertiary alicyclic amines) is 1. The number of hydrogen-bond acceptors (Lipinski definition) is 8. The number of morpholine rings is 1. The maximum absolute atomic E-state index is 14.7. The van der Waals surface area contributed by atoms with Crippen LogP contribution in [0.1, 0.15) is 63.0 Å². The molecule has 6 rings (SSSR count). The number of carbonyl (C=O) groups excluding carboxylic acids is 3. The van der Waals surface area contributed by atoms with Crippen molar-refractivity contribution in [3.05, 3.63) is 65.2 Å². The number of ether oxygens (including phenoxy) is 1. The molecule has 2 aromatic carbocycles. The Morgan fingerprint density at radius 1 is 0.851 bits per heavy atom. The van der Waals surface area contributed by atoms with Crippen LogP contribution in [0.3, 0.4) is 0 Å². The smallest absolute Gasteiger partial charge is 0.296 e. The quantitative estimate of drug-likeness (QED) is 0.232. The zero-order valence-electron chi connectivity index (χ0n) is 27.0. The van der Waals surface area contributed by atoms with Gasteiger partial charge in [0.15, 0.2) is 5.54 Å². The highest BCUT2D eigenvalue weighted by Crippen LogP contribution is 2.53. The minimum absolute atomic E-state index is 0.0854. The lowest BCUT2D eigenvalue weighted by atomic mass is 9.82. The molecule has 1 unspecified atom stereocenters. The van der Waals surface area contributed by atoms with E-state index in [-0.39, 0.29) is 22.6 Å². The Kier molecular flexibility index (Phi) is 9.84. The summed E-state index contributed by atoms with van der Waals surface area (Å²) in [6, 6.07) is 12.9. The van der Waals surface area contributed by atoms with E-state index in [1.54, 1.807) is 17.0 Å². The number of hydrogen-bond donors (Lipinski definition) is 1. The molecule has 11 nitrogen and oxygen atoms in total. The number of rotatable bonds is 10. The van der Waals surface area contributed by atoms with Crippen LogP contribution in [-0.4, -0.2) is 104 Å². The summed E-state index contributed by atoms with van der Waals surface area (Å²) in [4.78, 5) is 47.9. The molecule has 3 saturated heterocycles. The van der Waals surface area contributed by atoms with E-state index in [1.165, 1.54) is 33.5 Å². The van der Waals surface area contributed by atoms with Gasteiger partial charge < -0.3 is 19.6 Å². The SMILES string of the molecule is CCCCN1C(=O)C2(/C(=C(/O)c3ccc(S(=O)(=O)N4CCCCCC4)cc3)C(=O)C(=O)N2CCCN2CCOCC2)c2ccccc21. The van der Waals surface area contributed by atoms with Gasteiger partial charge in [-0.2, -0.15) is 4.31 Å². The largest absolute Gasteiger partial charge is 0.507 e. The minimum Gasteiger partial charge on any atom is -0.507 e. The summed E-state index contributed by atoms with van der Waals surface area (Å²) in [7, 11) is -3.75. The number of aliphatic hydroxyl groups is 1. The summed E-state index contributed by atoms with van der Waals surface area (Å²) in [6.07, 6.45) is 5.65. The number of sulfonamides is 1.